The van der Waals surface area contributed by atoms with Crippen LogP contribution < -0.4 is 4.90 Å². The van der Waals surface area contributed by atoms with Gasteiger partial charge < -0.3 is 10.0 Å². The van der Waals surface area contributed by atoms with E-state index in [-0.39, 0.29) is 5.69 Å². The van der Waals surface area contributed by atoms with Crippen LogP contribution in [0, 0.1) is 10.1 Å². The second kappa shape index (κ2) is 5.73. The predicted octanol–water partition coefficient (Wildman–Crippen LogP) is 2.68. The van der Waals surface area contributed by atoms with Gasteiger partial charge in [0.1, 0.15) is 5.69 Å². The number of carbonyl (C=O) groups is 1. The zero-order valence-electron chi connectivity index (χ0n) is 11.2. The quantitative estimate of drug-likeness (QED) is 0.508. The second-order valence-electron chi connectivity index (χ2n) is 4.87. The first kappa shape index (κ1) is 14.0. The lowest BCUT2D eigenvalue weighted by molar-refractivity contribution is -0.384. The molecule has 1 aromatic carbocycles. The van der Waals surface area contributed by atoms with Gasteiger partial charge in [0.15, 0.2) is 0 Å². The number of rotatable bonds is 5. The summed E-state index contributed by atoms with van der Waals surface area (Å²) >= 11 is 0. The SMILES string of the molecule is CN(c1ccc(/C=C/C(=O)O)cc1[N+](=O)[O-])C1CCC1. The molecule has 0 saturated heterocycles. The molecule has 6 heteroatoms. The molecule has 0 amide bonds. The van der Waals surface area contributed by atoms with Gasteiger partial charge in [0, 0.05) is 25.2 Å². The number of anilines is 1. The Morgan fingerprint density at radius 1 is 1.50 bits per heavy atom. The first-order chi connectivity index (χ1) is 9.49. The zero-order valence-corrected chi connectivity index (χ0v) is 11.2. The maximum Gasteiger partial charge on any atom is 0.328 e. The van der Waals surface area contributed by atoms with E-state index in [0.717, 1.165) is 25.3 Å². The highest BCUT2D eigenvalue weighted by Gasteiger charge is 2.27. The van der Waals surface area contributed by atoms with E-state index in [1.807, 2.05) is 11.9 Å². The molecule has 0 heterocycles. The third-order valence-electron chi connectivity index (χ3n) is 3.62. The Labute approximate surface area is 116 Å². The van der Waals surface area contributed by atoms with Crippen molar-refractivity contribution in [2.75, 3.05) is 11.9 Å². The average molecular weight is 276 g/mol. The maximum absolute atomic E-state index is 11.2. The van der Waals surface area contributed by atoms with E-state index in [4.69, 9.17) is 5.11 Å². The van der Waals surface area contributed by atoms with Crippen molar-refractivity contribution in [3.63, 3.8) is 0 Å². The fourth-order valence-corrected chi connectivity index (χ4v) is 2.23. The lowest BCUT2D eigenvalue weighted by Crippen LogP contribution is -2.37. The minimum Gasteiger partial charge on any atom is -0.478 e. The van der Waals surface area contributed by atoms with Gasteiger partial charge in [-0.05, 0) is 37.0 Å². The summed E-state index contributed by atoms with van der Waals surface area (Å²) < 4.78 is 0. The van der Waals surface area contributed by atoms with Crippen molar-refractivity contribution >= 4 is 23.4 Å². The normalized spacial score (nSPS) is 15.1. The van der Waals surface area contributed by atoms with Gasteiger partial charge in [0.25, 0.3) is 5.69 Å². The molecule has 2 rings (SSSR count). The van der Waals surface area contributed by atoms with E-state index in [2.05, 4.69) is 0 Å². The number of hydrogen-bond acceptors (Lipinski definition) is 4. The van der Waals surface area contributed by atoms with E-state index in [0.29, 0.717) is 17.3 Å². The van der Waals surface area contributed by atoms with Crippen LogP contribution in [0.1, 0.15) is 24.8 Å². The van der Waals surface area contributed by atoms with Gasteiger partial charge in [-0.25, -0.2) is 4.79 Å². The van der Waals surface area contributed by atoms with Gasteiger partial charge in [-0.3, -0.25) is 10.1 Å². The van der Waals surface area contributed by atoms with E-state index < -0.39 is 10.9 Å². The number of aliphatic carboxylic acids is 1. The summed E-state index contributed by atoms with van der Waals surface area (Å²) in [5.74, 6) is -1.08. The van der Waals surface area contributed by atoms with Crippen molar-refractivity contribution < 1.29 is 14.8 Å². The van der Waals surface area contributed by atoms with Crippen LogP contribution in [0.15, 0.2) is 24.3 Å². The molecule has 1 fully saturated rings. The Morgan fingerprint density at radius 2 is 2.20 bits per heavy atom. The fourth-order valence-electron chi connectivity index (χ4n) is 2.23. The maximum atomic E-state index is 11.2. The molecule has 0 aromatic heterocycles. The Morgan fingerprint density at radius 3 is 2.70 bits per heavy atom. The Kier molecular flexibility index (Phi) is 4.02. The Hall–Kier alpha value is -2.37. The van der Waals surface area contributed by atoms with Crippen LogP contribution in [-0.2, 0) is 4.79 Å². The number of nitro groups is 1. The molecule has 1 saturated carbocycles. The molecule has 1 aromatic rings. The van der Waals surface area contributed by atoms with Gasteiger partial charge in [0.05, 0.1) is 4.92 Å². The summed E-state index contributed by atoms with van der Waals surface area (Å²) in [6, 6.07) is 5.13. The van der Waals surface area contributed by atoms with Crippen LogP contribution in [0.5, 0.6) is 0 Å². The highest BCUT2D eigenvalue weighted by Crippen LogP contribution is 2.34. The standard InChI is InChI=1S/C14H16N2O4/c1-15(11-3-2-4-11)12-7-5-10(6-8-14(17)18)9-13(12)16(19)20/h5-9,11H,2-4H2,1H3,(H,17,18)/b8-6+. The zero-order chi connectivity index (χ0) is 14.7. The first-order valence-electron chi connectivity index (χ1n) is 6.41. The minimum atomic E-state index is -1.08. The van der Waals surface area contributed by atoms with E-state index >= 15 is 0 Å². The summed E-state index contributed by atoms with van der Waals surface area (Å²) in [7, 11) is 1.86. The van der Waals surface area contributed by atoms with Crippen LogP contribution in [-0.4, -0.2) is 29.1 Å². The van der Waals surface area contributed by atoms with Crippen molar-refractivity contribution in [3.05, 3.63) is 40.0 Å². The van der Waals surface area contributed by atoms with E-state index in [1.165, 1.54) is 12.1 Å². The molecule has 0 atom stereocenters. The smallest absolute Gasteiger partial charge is 0.328 e. The van der Waals surface area contributed by atoms with Crippen LogP contribution in [0.2, 0.25) is 0 Å². The van der Waals surface area contributed by atoms with Crippen molar-refractivity contribution in [1.82, 2.24) is 0 Å². The topological polar surface area (TPSA) is 83.7 Å². The monoisotopic (exact) mass is 276 g/mol. The largest absolute Gasteiger partial charge is 0.478 e. The molecule has 6 nitrogen and oxygen atoms in total. The average Bonchev–Trinajstić information content (AvgIpc) is 2.33. The predicted molar refractivity (Wildman–Crippen MR) is 75.8 cm³/mol. The molecule has 1 N–H and O–H groups in total. The highest BCUT2D eigenvalue weighted by atomic mass is 16.6. The molecule has 1 aliphatic carbocycles. The lowest BCUT2D eigenvalue weighted by atomic mass is 9.91. The van der Waals surface area contributed by atoms with Crippen LogP contribution in [0.3, 0.4) is 0 Å². The van der Waals surface area contributed by atoms with Gasteiger partial charge in [-0.2, -0.15) is 0 Å². The van der Waals surface area contributed by atoms with Gasteiger partial charge in [0.2, 0.25) is 0 Å². The third-order valence-corrected chi connectivity index (χ3v) is 3.62. The number of carboxylic acids is 1. The molecule has 0 aliphatic heterocycles. The van der Waals surface area contributed by atoms with Gasteiger partial charge in [-0.1, -0.05) is 6.07 Å². The molecule has 106 valence electrons. The van der Waals surface area contributed by atoms with Crippen LogP contribution in [0.4, 0.5) is 11.4 Å². The second-order valence-corrected chi connectivity index (χ2v) is 4.87. The summed E-state index contributed by atoms with van der Waals surface area (Å²) in [5.41, 5.74) is 1.09. The molecule has 20 heavy (non-hydrogen) atoms. The van der Waals surface area contributed by atoms with Crippen molar-refractivity contribution in [3.8, 4) is 0 Å². The van der Waals surface area contributed by atoms with Gasteiger partial charge >= 0.3 is 5.97 Å². The molecule has 1 aliphatic rings. The first-order valence-corrected chi connectivity index (χ1v) is 6.41. The van der Waals surface area contributed by atoms with E-state index in [9.17, 15) is 14.9 Å². The van der Waals surface area contributed by atoms with Crippen molar-refractivity contribution in [2.45, 2.75) is 25.3 Å². The van der Waals surface area contributed by atoms with Crippen molar-refractivity contribution in [2.24, 2.45) is 0 Å². The number of nitrogens with zero attached hydrogens (tertiary/aromatic N) is 2. The van der Waals surface area contributed by atoms with Crippen LogP contribution in [0.25, 0.3) is 6.08 Å². The van der Waals surface area contributed by atoms with E-state index in [1.54, 1.807) is 12.1 Å². The minimum absolute atomic E-state index is 0.00642. The number of carboxylic acid groups (broad SMARTS) is 1. The summed E-state index contributed by atoms with van der Waals surface area (Å²) in [5, 5.41) is 19.8. The lowest BCUT2D eigenvalue weighted by Gasteiger charge is -2.36. The van der Waals surface area contributed by atoms with Crippen molar-refractivity contribution in [1.29, 1.82) is 0 Å². The molecular weight excluding hydrogens is 260 g/mol. The molecule has 0 radical (unpaired) electrons. The number of benzene rings is 1. The molecule has 0 unspecified atom stereocenters. The summed E-state index contributed by atoms with van der Waals surface area (Å²) in [6.45, 7) is 0. The molecule has 0 spiro atoms. The summed E-state index contributed by atoms with van der Waals surface area (Å²) in [4.78, 5) is 23.2. The number of hydrogen-bond donors (Lipinski definition) is 1. The Bertz CT molecular complexity index is 564. The molecule has 0 bridgehead atoms. The van der Waals surface area contributed by atoms with Crippen LogP contribution >= 0.6 is 0 Å². The molecular formula is C14H16N2O4. The Balaban J connectivity index is 2.32. The fraction of sp³-hybridized carbons (Fsp3) is 0.357. The highest BCUT2D eigenvalue weighted by molar-refractivity contribution is 5.85. The number of nitro benzene ring substituents is 1. The summed E-state index contributed by atoms with van der Waals surface area (Å²) in [6.07, 6.45) is 5.57. The van der Waals surface area contributed by atoms with Gasteiger partial charge in [-0.15, -0.1) is 0 Å². The third kappa shape index (κ3) is 2.96.